The van der Waals surface area contributed by atoms with Crippen LogP contribution in [0.3, 0.4) is 0 Å². The van der Waals surface area contributed by atoms with Gasteiger partial charge in [-0.1, -0.05) is 23.2 Å². The van der Waals surface area contributed by atoms with Gasteiger partial charge in [0.1, 0.15) is 8.42 Å². The standard InChI is InChI=1S/C22H16Cl2N2O4S5/c1-9-13-3-11(23)5-15(19(13)32-21(9)34(25,27)28)17-7-31-8-18(17)16-6-12(24)4-14-10(2)22(33-20(14)16)35(26,29)30/h3-8H,1-2H3,(H2,25,27,28)(H2,26,29,30). The molecule has 0 aliphatic carbocycles. The third kappa shape index (κ3) is 4.22. The van der Waals surface area contributed by atoms with Gasteiger partial charge in [0.05, 0.1) is 0 Å². The highest BCUT2D eigenvalue weighted by molar-refractivity contribution is 7.91. The van der Waals surface area contributed by atoms with Crippen LogP contribution in [-0.4, -0.2) is 16.8 Å². The number of fused-ring (bicyclic) bond motifs is 2. The number of halogens is 2. The van der Waals surface area contributed by atoms with Crippen molar-refractivity contribution in [3.05, 3.63) is 56.2 Å². The lowest BCUT2D eigenvalue weighted by Gasteiger charge is -2.09. The number of benzene rings is 2. The minimum Gasteiger partial charge on any atom is -0.224 e. The van der Waals surface area contributed by atoms with Crippen LogP contribution in [0.4, 0.5) is 0 Å². The van der Waals surface area contributed by atoms with Crippen LogP contribution < -0.4 is 10.3 Å². The normalized spacial score (nSPS) is 12.7. The molecule has 0 saturated carbocycles. The Morgan fingerprint density at radius 3 is 1.37 bits per heavy atom. The van der Waals surface area contributed by atoms with E-state index in [1.54, 1.807) is 38.1 Å². The van der Waals surface area contributed by atoms with Crippen LogP contribution in [0.5, 0.6) is 0 Å². The molecule has 2 aromatic carbocycles. The summed E-state index contributed by atoms with van der Waals surface area (Å²) in [7, 11) is -7.83. The van der Waals surface area contributed by atoms with E-state index in [9.17, 15) is 16.8 Å². The molecule has 35 heavy (non-hydrogen) atoms. The van der Waals surface area contributed by atoms with Crippen molar-refractivity contribution in [2.45, 2.75) is 22.3 Å². The lowest BCUT2D eigenvalue weighted by Crippen LogP contribution is -2.11. The third-order valence-corrected chi connectivity index (χ3v) is 12.7. The monoisotopic (exact) mass is 602 g/mol. The zero-order valence-electron chi connectivity index (χ0n) is 18.0. The molecule has 4 N–H and O–H groups in total. The van der Waals surface area contributed by atoms with E-state index < -0.39 is 20.0 Å². The summed E-state index contributed by atoms with van der Waals surface area (Å²) in [4.78, 5) is 0. The number of thiophene rings is 3. The summed E-state index contributed by atoms with van der Waals surface area (Å²) < 4.78 is 50.4. The largest absolute Gasteiger partial charge is 0.247 e. The van der Waals surface area contributed by atoms with E-state index in [4.69, 9.17) is 33.5 Å². The van der Waals surface area contributed by atoms with E-state index in [1.807, 2.05) is 10.8 Å². The number of primary sulfonamides is 2. The first-order valence-corrected chi connectivity index (χ1v) is 16.3. The van der Waals surface area contributed by atoms with Gasteiger partial charge in [0.15, 0.2) is 0 Å². The van der Waals surface area contributed by atoms with Crippen molar-refractivity contribution in [1.29, 1.82) is 0 Å². The summed E-state index contributed by atoms with van der Waals surface area (Å²) in [5.41, 5.74) is 4.22. The van der Waals surface area contributed by atoms with Gasteiger partial charge < -0.3 is 0 Å². The first kappa shape index (κ1) is 25.1. The van der Waals surface area contributed by atoms with E-state index in [2.05, 4.69) is 0 Å². The molecule has 3 aromatic heterocycles. The van der Waals surface area contributed by atoms with E-state index in [0.29, 0.717) is 31.9 Å². The van der Waals surface area contributed by atoms with Gasteiger partial charge in [-0.3, -0.25) is 0 Å². The fourth-order valence-electron chi connectivity index (χ4n) is 4.18. The maximum absolute atomic E-state index is 12.2. The van der Waals surface area contributed by atoms with Gasteiger partial charge in [0.2, 0.25) is 20.0 Å². The highest BCUT2D eigenvalue weighted by Gasteiger charge is 2.25. The first-order chi connectivity index (χ1) is 16.3. The molecule has 0 aliphatic heterocycles. The van der Waals surface area contributed by atoms with Gasteiger partial charge in [-0.05, 0) is 70.8 Å². The second-order valence-corrected chi connectivity index (χ2v) is 15.1. The molecular weight excluding hydrogens is 587 g/mol. The molecule has 0 fully saturated rings. The Hall–Kier alpha value is -1.54. The molecule has 0 saturated heterocycles. The van der Waals surface area contributed by atoms with Gasteiger partial charge in [-0.25, -0.2) is 27.1 Å². The summed E-state index contributed by atoms with van der Waals surface area (Å²) in [5, 5.41) is 17.1. The minimum atomic E-state index is -3.91. The van der Waals surface area contributed by atoms with Crippen molar-refractivity contribution in [2.75, 3.05) is 0 Å². The molecule has 182 valence electrons. The Kier molecular flexibility index (Phi) is 6.11. The topological polar surface area (TPSA) is 120 Å². The molecule has 0 spiro atoms. The Labute approximate surface area is 223 Å². The van der Waals surface area contributed by atoms with Gasteiger partial charge in [0, 0.05) is 41.7 Å². The number of aryl methyl sites for hydroxylation is 2. The maximum Gasteiger partial charge on any atom is 0.247 e. The second-order valence-electron chi connectivity index (χ2n) is 7.98. The smallest absolute Gasteiger partial charge is 0.224 e. The van der Waals surface area contributed by atoms with Crippen LogP contribution in [-0.2, 0) is 20.0 Å². The molecule has 6 nitrogen and oxygen atoms in total. The average molecular weight is 604 g/mol. The Bertz CT molecular complexity index is 1760. The van der Waals surface area contributed by atoms with Crippen molar-refractivity contribution >= 4 is 97.4 Å². The van der Waals surface area contributed by atoms with Crippen molar-refractivity contribution in [3.8, 4) is 22.3 Å². The summed E-state index contributed by atoms with van der Waals surface area (Å²) in [6.45, 7) is 3.41. The highest BCUT2D eigenvalue weighted by atomic mass is 35.5. The Balaban J connectivity index is 1.85. The van der Waals surface area contributed by atoms with Gasteiger partial charge in [0.25, 0.3) is 0 Å². The average Bonchev–Trinajstić information content (AvgIpc) is 3.43. The first-order valence-electron chi connectivity index (χ1n) is 9.85. The molecule has 0 radical (unpaired) electrons. The molecule has 0 aliphatic rings. The molecular formula is C22H16Cl2N2O4S5. The predicted octanol–water partition coefficient (Wildman–Crippen LogP) is 6.73. The van der Waals surface area contributed by atoms with Crippen LogP contribution in [0.15, 0.2) is 43.4 Å². The zero-order chi connectivity index (χ0) is 25.4. The Morgan fingerprint density at radius 2 is 1.03 bits per heavy atom. The maximum atomic E-state index is 12.2. The Morgan fingerprint density at radius 1 is 0.657 bits per heavy atom. The number of nitrogens with two attached hydrogens (primary N) is 2. The van der Waals surface area contributed by atoms with E-state index in [0.717, 1.165) is 54.3 Å². The van der Waals surface area contributed by atoms with Gasteiger partial charge in [-0.2, -0.15) is 11.3 Å². The van der Waals surface area contributed by atoms with Gasteiger partial charge in [-0.15, -0.1) is 22.7 Å². The van der Waals surface area contributed by atoms with E-state index in [1.165, 1.54) is 11.3 Å². The number of sulfonamides is 2. The summed E-state index contributed by atoms with van der Waals surface area (Å²) in [6.07, 6.45) is 0. The molecule has 0 bridgehead atoms. The molecule has 5 aromatic rings. The molecule has 5 rings (SSSR count). The van der Waals surface area contributed by atoms with Gasteiger partial charge >= 0.3 is 0 Å². The molecule has 0 unspecified atom stereocenters. The van der Waals surface area contributed by atoms with Crippen LogP contribution in [0.1, 0.15) is 11.1 Å². The van der Waals surface area contributed by atoms with Crippen LogP contribution in [0, 0.1) is 13.8 Å². The third-order valence-electron chi connectivity index (χ3n) is 5.68. The van der Waals surface area contributed by atoms with E-state index >= 15 is 0 Å². The van der Waals surface area contributed by atoms with Crippen molar-refractivity contribution < 1.29 is 16.8 Å². The highest BCUT2D eigenvalue weighted by Crippen LogP contribution is 2.48. The van der Waals surface area contributed by atoms with Crippen LogP contribution in [0.2, 0.25) is 10.0 Å². The van der Waals surface area contributed by atoms with Crippen LogP contribution in [0.25, 0.3) is 42.4 Å². The number of hydrogen-bond acceptors (Lipinski definition) is 7. The zero-order valence-corrected chi connectivity index (χ0v) is 23.6. The summed E-state index contributed by atoms with van der Waals surface area (Å²) in [6, 6.07) is 7.03. The fourth-order valence-corrected chi connectivity index (χ4v) is 10.1. The molecule has 3 heterocycles. The van der Waals surface area contributed by atoms with E-state index in [-0.39, 0.29) is 8.42 Å². The van der Waals surface area contributed by atoms with Crippen molar-refractivity contribution in [3.63, 3.8) is 0 Å². The SMILES string of the molecule is Cc1c(S(N)(=O)=O)sc2c(-c3cscc3-c3cc(Cl)cc4c(C)c(S(N)(=O)=O)sc34)cc(Cl)cc12. The molecule has 0 amide bonds. The summed E-state index contributed by atoms with van der Waals surface area (Å²) in [5.74, 6) is 0. The number of hydrogen-bond donors (Lipinski definition) is 2. The van der Waals surface area contributed by atoms with Crippen molar-refractivity contribution in [1.82, 2.24) is 0 Å². The summed E-state index contributed by atoms with van der Waals surface area (Å²) >= 11 is 16.6. The molecule has 0 atom stereocenters. The van der Waals surface area contributed by atoms with Crippen LogP contribution >= 0.6 is 57.2 Å². The lowest BCUT2D eigenvalue weighted by atomic mass is 9.96. The predicted molar refractivity (Wildman–Crippen MR) is 148 cm³/mol. The quantitative estimate of drug-likeness (QED) is 0.237. The number of rotatable bonds is 4. The molecule has 13 heteroatoms. The second kappa shape index (κ2) is 8.51. The fraction of sp³-hybridized carbons (Fsp3) is 0.0909. The lowest BCUT2D eigenvalue weighted by molar-refractivity contribution is 0.597. The minimum absolute atomic E-state index is 0.0876. The van der Waals surface area contributed by atoms with Crippen molar-refractivity contribution in [2.24, 2.45) is 10.3 Å².